The second-order valence-electron chi connectivity index (χ2n) is 4.00. The molecule has 2 aromatic rings. The Bertz CT molecular complexity index is 667. The van der Waals surface area contributed by atoms with Crippen molar-refractivity contribution in [1.29, 1.82) is 0 Å². The van der Waals surface area contributed by atoms with Crippen LogP contribution in [0.2, 0.25) is 0 Å². The van der Waals surface area contributed by atoms with Crippen molar-refractivity contribution >= 4 is 11.8 Å². The summed E-state index contributed by atoms with van der Waals surface area (Å²) in [4.78, 5) is 15.6. The van der Waals surface area contributed by atoms with Gasteiger partial charge in [-0.1, -0.05) is 25.8 Å². The maximum Gasteiger partial charge on any atom is 0.338 e. The maximum atomic E-state index is 11.5. The molecule has 4 nitrogen and oxygen atoms in total. The molecule has 4 heteroatoms. The molecule has 2 N–H and O–H groups in total. The lowest BCUT2D eigenvalue weighted by Gasteiger charge is -2.00. The molecule has 0 amide bonds. The second kappa shape index (κ2) is 9.19. The molecule has 0 saturated heterocycles. The molecule has 0 aliphatic heterocycles. The van der Waals surface area contributed by atoms with Crippen LogP contribution in [0.5, 0.6) is 0 Å². The fourth-order valence-corrected chi connectivity index (χ4v) is 1.56. The highest BCUT2D eigenvalue weighted by Crippen LogP contribution is 2.06. The lowest BCUT2D eigenvalue weighted by molar-refractivity contribution is 0.0526. The minimum absolute atomic E-state index is 0.329. The SMILES string of the molecule is CC.CCOC(=O)c1ccc(C#Cc2cccc(N)n2)cc1. The molecule has 0 saturated carbocycles. The normalized spacial score (nSPS) is 8.86. The Balaban J connectivity index is 0.00000116. The quantitative estimate of drug-likeness (QED) is 0.682. The molecule has 0 radical (unpaired) electrons. The van der Waals surface area contributed by atoms with Gasteiger partial charge in [-0.25, -0.2) is 9.78 Å². The Morgan fingerprint density at radius 2 is 1.82 bits per heavy atom. The third-order valence-corrected chi connectivity index (χ3v) is 2.50. The van der Waals surface area contributed by atoms with Crippen LogP contribution < -0.4 is 5.73 Å². The van der Waals surface area contributed by atoms with Crippen LogP contribution >= 0.6 is 0 Å². The number of aromatic nitrogens is 1. The van der Waals surface area contributed by atoms with Gasteiger partial charge in [-0.3, -0.25) is 0 Å². The van der Waals surface area contributed by atoms with Gasteiger partial charge in [-0.2, -0.15) is 0 Å². The molecule has 0 unspecified atom stereocenters. The zero-order chi connectivity index (χ0) is 16.4. The van der Waals surface area contributed by atoms with Gasteiger partial charge in [0.2, 0.25) is 0 Å². The van der Waals surface area contributed by atoms with E-state index in [0.717, 1.165) is 5.56 Å². The first-order chi connectivity index (χ1) is 10.7. The fourth-order valence-electron chi connectivity index (χ4n) is 1.56. The molecule has 1 aromatic carbocycles. The monoisotopic (exact) mass is 296 g/mol. The van der Waals surface area contributed by atoms with Crippen molar-refractivity contribution in [3.63, 3.8) is 0 Å². The zero-order valence-electron chi connectivity index (χ0n) is 13.1. The summed E-state index contributed by atoms with van der Waals surface area (Å²) in [6, 6.07) is 12.2. The van der Waals surface area contributed by atoms with Crippen molar-refractivity contribution in [1.82, 2.24) is 4.98 Å². The van der Waals surface area contributed by atoms with Crippen LogP contribution in [0.15, 0.2) is 42.5 Å². The molecule has 0 atom stereocenters. The van der Waals surface area contributed by atoms with Gasteiger partial charge in [0.05, 0.1) is 12.2 Å². The van der Waals surface area contributed by atoms with Gasteiger partial charge in [0.1, 0.15) is 11.5 Å². The summed E-state index contributed by atoms with van der Waals surface area (Å²) in [5, 5.41) is 0. The lowest BCUT2D eigenvalue weighted by Crippen LogP contribution is -2.04. The number of carbonyl (C=O) groups excluding carboxylic acids is 1. The first-order valence-electron chi connectivity index (χ1n) is 7.21. The van der Waals surface area contributed by atoms with Crippen LogP contribution in [0.25, 0.3) is 0 Å². The summed E-state index contributed by atoms with van der Waals surface area (Å²) in [7, 11) is 0. The van der Waals surface area contributed by atoms with Crippen LogP contribution in [-0.4, -0.2) is 17.6 Å². The summed E-state index contributed by atoms with van der Waals surface area (Å²) in [6.07, 6.45) is 0. The van der Waals surface area contributed by atoms with E-state index in [2.05, 4.69) is 16.8 Å². The number of benzene rings is 1. The number of nitrogens with zero attached hydrogens (tertiary/aromatic N) is 1. The minimum atomic E-state index is -0.329. The predicted molar refractivity (Wildman–Crippen MR) is 88.4 cm³/mol. The largest absolute Gasteiger partial charge is 0.462 e. The van der Waals surface area contributed by atoms with Crippen LogP contribution in [0, 0.1) is 11.8 Å². The fraction of sp³-hybridized carbons (Fsp3) is 0.222. The molecule has 114 valence electrons. The van der Waals surface area contributed by atoms with E-state index in [1.165, 1.54) is 0 Å². The molecule has 22 heavy (non-hydrogen) atoms. The van der Waals surface area contributed by atoms with Crippen LogP contribution in [0.3, 0.4) is 0 Å². The molecule has 0 fully saturated rings. The smallest absolute Gasteiger partial charge is 0.338 e. The van der Waals surface area contributed by atoms with Crippen molar-refractivity contribution in [2.45, 2.75) is 20.8 Å². The van der Waals surface area contributed by atoms with E-state index in [9.17, 15) is 4.79 Å². The zero-order valence-corrected chi connectivity index (χ0v) is 13.1. The van der Waals surface area contributed by atoms with E-state index >= 15 is 0 Å². The summed E-state index contributed by atoms with van der Waals surface area (Å²) in [5.74, 6) is 5.99. The van der Waals surface area contributed by atoms with Gasteiger partial charge in [-0.15, -0.1) is 0 Å². The van der Waals surface area contributed by atoms with Crippen molar-refractivity contribution in [3.8, 4) is 11.8 Å². The second-order valence-corrected chi connectivity index (χ2v) is 4.00. The molecule has 0 aliphatic rings. The molecule has 1 aromatic heterocycles. The average Bonchev–Trinajstić information content (AvgIpc) is 2.56. The van der Waals surface area contributed by atoms with Crippen LogP contribution in [0.1, 0.15) is 42.4 Å². The number of ether oxygens (including phenoxy) is 1. The summed E-state index contributed by atoms with van der Waals surface area (Å²) < 4.78 is 4.91. The average molecular weight is 296 g/mol. The number of hydrogen-bond acceptors (Lipinski definition) is 4. The van der Waals surface area contributed by atoms with E-state index in [1.807, 2.05) is 13.8 Å². The van der Waals surface area contributed by atoms with Gasteiger partial charge in [0.15, 0.2) is 0 Å². The highest BCUT2D eigenvalue weighted by atomic mass is 16.5. The van der Waals surface area contributed by atoms with Gasteiger partial charge in [0.25, 0.3) is 0 Å². The molecule has 0 aliphatic carbocycles. The molecule has 2 rings (SSSR count). The third-order valence-electron chi connectivity index (χ3n) is 2.50. The van der Waals surface area contributed by atoms with Crippen molar-refractivity contribution in [2.24, 2.45) is 0 Å². The standard InChI is InChI=1S/C16H14N2O2.C2H6/c1-2-20-16(19)13-9-6-12(7-10-13)8-11-14-4-3-5-15(17)18-14;1-2/h3-7,9-10H,2H2,1H3,(H2,17,18);1-2H3. The Labute approximate surface area is 131 Å². The van der Waals surface area contributed by atoms with Gasteiger partial charge >= 0.3 is 5.97 Å². The molecule has 0 bridgehead atoms. The van der Waals surface area contributed by atoms with Crippen molar-refractivity contribution < 1.29 is 9.53 Å². The Kier molecular flexibility index (Phi) is 7.21. The summed E-state index contributed by atoms with van der Waals surface area (Å²) >= 11 is 0. The van der Waals surface area contributed by atoms with Gasteiger partial charge in [-0.05, 0) is 49.2 Å². The highest BCUT2D eigenvalue weighted by Gasteiger charge is 2.04. The number of hydrogen-bond donors (Lipinski definition) is 1. The van der Waals surface area contributed by atoms with E-state index < -0.39 is 0 Å². The molecular formula is C18H20N2O2. The van der Waals surface area contributed by atoms with E-state index in [0.29, 0.717) is 23.7 Å². The Morgan fingerprint density at radius 3 is 2.41 bits per heavy atom. The molecular weight excluding hydrogens is 276 g/mol. The molecule has 0 spiro atoms. The topological polar surface area (TPSA) is 65.2 Å². The number of rotatable bonds is 2. The first kappa shape index (κ1) is 17.3. The van der Waals surface area contributed by atoms with E-state index in [4.69, 9.17) is 10.5 Å². The minimum Gasteiger partial charge on any atom is -0.462 e. The third kappa shape index (κ3) is 5.29. The number of esters is 1. The van der Waals surface area contributed by atoms with E-state index in [1.54, 1.807) is 49.4 Å². The number of nitrogens with two attached hydrogens (primary N) is 1. The maximum absolute atomic E-state index is 11.5. The van der Waals surface area contributed by atoms with Crippen molar-refractivity contribution in [2.75, 3.05) is 12.3 Å². The number of pyridine rings is 1. The molecule has 1 heterocycles. The number of anilines is 1. The Hall–Kier alpha value is -2.80. The summed E-state index contributed by atoms with van der Waals surface area (Å²) in [5.41, 5.74) is 7.50. The highest BCUT2D eigenvalue weighted by molar-refractivity contribution is 5.89. The number of nitrogen functional groups attached to an aromatic ring is 1. The lowest BCUT2D eigenvalue weighted by atomic mass is 10.1. The summed E-state index contributed by atoms with van der Waals surface area (Å²) in [6.45, 7) is 6.14. The van der Waals surface area contributed by atoms with Gasteiger partial charge in [0, 0.05) is 5.56 Å². The van der Waals surface area contributed by atoms with Gasteiger partial charge < -0.3 is 10.5 Å². The predicted octanol–water partition coefficient (Wildman–Crippen LogP) is 3.27. The number of carbonyl (C=O) groups is 1. The van der Waals surface area contributed by atoms with Crippen LogP contribution in [-0.2, 0) is 4.74 Å². The first-order valence-corrected chi connectivity index (χ1v) is 7.21. The van der Waals surface area contributed by atoms with Crippen LogP contribution in [0.4, 0.5) is 5.82 Å². The Morgan fingerprint density at radius 1 is 1.14 bits per heavy atom. The van der Waals surface area contributed by atoms with Crippen molar-refractivity contribution in [3.05, 3.63) is 59.3 Å². The van der Waals surface area contributed by atoms with E-state index in [-0.39, 0.29) is 5.97 Å².